The average molecular weight is 840 g/mol. The van der Waals surface area contributed by atoms with Crippen molar-refractivity contribution < 1.29 is 45.4 Å². The minimum atomic E-state index is -0.449. The fourth-order valence-electron chi connectivity index (χ4n) is 5.41. The van der Waals surface area contributed by atoms with E-state index in [0.717, 1.165) is 18.1 Å². The molecule has 2 aliphatic heterocycles. The zero-order valence-corrected chi connectivity index (χ0v) is 32.2. The van der Waals surface area contributed by atoms with E-state index in [2.05, 4.69) is 27.8 Å². The molecule has 3 fully saturated rings. The van der Waals surface area contributed by atoms with Gasteiger partial charge in [-0.15, -0.1) is 17.8 Å². The van der Waals surface area contributed by atoms with Crippen molar-refractivity contribution >= 4 is 41.4 Å². The fraction of sp³-hybridized carbons (Fsp3) is 0.588. The minimum absolute atomic E-state index is 0. The van der Waals surface area contributed by atoms with Gasteiger partial charge in [-0.25, -0.2) is 4.98 Å². The van der Waals surface area contributed by atoms with Gasteiger partial charge in [0.15, 0.2) is 6.29 Å². The maximum atomic E-state index is 11.8. The van der Waals surface area contributed by atoms with Gasteiger partial charge in [0.05, 0.1) is 29.9 Å². The number of piperidine rings is 1. The molecule has 0 bridgehead atoms. The van der Waals surface area contributed by atoms with Gasteiger partial charge in [0, 0.05) is 44.5 Å². The molecule has 13 heteroatoms. The molecule has 0 spiro atoms. The standard InChI is InChI=1S/C17H23N2OS.C13H16N4O4.2C2H6.W/c1-20-13-8-12(5-4-10-2-3-10)16-14(9-13)21-17(19-16)15(18)11-6-7-11;1-17(10-3-5-12(19)15-13(10)20)6-9-8(7-18)2-4-11(14-9)16-21;2*1-2;/h8-11,15,17-19H,2-7H2,1H3;2,4,7,10,21H,3,5-6H2,1H3,(H,14,16)(H,15,19,20);2*1-2H3;/q-1;;;;/t15-,17?;;;;/m1..../s1. The van der Waals surface area contributed by atoms with Crippen molar-refractivity contribution in [1.82, 2.24) is 15.2 Å². The Bertz CT molecular complexity index is 1330. The van der Waals surface area contributed by atoms with Gasteiger partial charge in [0.1, 0.15) is 11.6 Å². The normalized spacial score (nSPS) is 19.9. The zero-order valence-electron chi connectivity index (χ0n) is 28.4. The Morgan fingerprint density at radius 3 is 2.43 bits per heavy atom. The molecule has 260 valence electrons. The monoisotopic (exact) mass is 839 g/mol. The summed E-state index contributed by atoms with van der Waals surface area (Å²) in [6.45, 7) is 8.25. The second-order valence-corrected chi connectivity index (χ2v) is 12.7. The van der Waals surface area contributed by atoms with Crippen molar-refractivity contribution in [2.75, 3.05) is 25.0 Å². The summed E-state index contributed by atoms with van der Waals surface area (Å²) >= 11 is 1.83. The number of aldehydes is 1. The van der Waals surface area contributed by atoms with Crippen LogP contribution in [0, 0.1) is 11.8 Å². The maximum Gasteiger partial charge on any atom is 0.243 e. The van der Waals surface area contributed by atoms with Crippen molar-refractivity contribution in [1.29, 1.82) is 0 Å². The number of carbonyl (C=O) groups is 3. The van der Waals surface area contributed by atoms with Crippen LogP contribution >= 0.6 is 11.8 Å². The fourth-order valence-corrected chi connectivity index (χ4v) is 6.73. The average Bonchev–Trinajstić information content (AvgIpc) is 4.03. The molecule has 1 aromatic heterocycles. The van der Waals surface area contributed by atoms with Crippen molar-refractivity contribution in [2.24, 2.45) is 11.8 Å². The molecule has 3 heterocycles. The van der Waals surface area contributed by atoms with Gasteiger partial charge in [-0.05, 0) is 62.1 Å². The Balaban J connectivity index is 0.000000290. The van der Waals surface area contributed by atoms with Crippen molar-refractivity contribution in [3.8, 4) is 5.75 Å². The van der Waals surface area contributed by atoms with Crippen LogP contribution < -0.4 is 20.9 Å². The summed E-state index contributed by atoms with van der Waals surface area (Å²) in [6, 6.07) is 6.89. The molecule has 11 nitrogen and oxygen atoms in total. The number of pyridine rings is 1. The second-order valence-electron chi connectivity index (χ2n) is 11.5. The van der Waals surface area contributed by atoms with Gasteiger partial charge in [0.25, 0.3) is 0 Å². The van der Waals surface area contributed by atoms with Crippen LogP contribution in [0.1, 0.15) is 94.3 Å². The SMILES string of the molecule is CC.CC.CN(Cc1nc(NO)ccc1C=O)C1CCC(=O)NC1=O.COc1cc(CCC2CC2)c2c(c1)SC([C@H]([NH-])C1CC1)N2.[W]. The third-order valence-corrected chi connectivity index (χ3v) is 9.54. The Kier molecular flexibility index (Phi) is 17.4. The van der Waals surface area contributed by atoms with Crippen LogP contribution in [0.5, 0.6) is 5.75 Å². The third-order valence-electron chi connectivity index (χ3n) is 8.30. The first-order valence-corrected chi connectivity index (χ1v) is 17.4. The molecule has 4 aliphatic rings. The number of rotatable bonds is 11. The summed E-state index contributed by atoms with van der Waals surface area (Å²) in [7, 11) is 3.46. The molecule has 1 aromatic carbocycles. The van der Waals surface area contributed by atoms with Crippen LogP contribution in [0.15, 0.2) is 29.2 Å². The number of imide groups is 1. The Labute approximate surface area is 298 Å². The van der Waals surface area contributed by atoms with Crippen LogP contribution in [0.2, 0.25) is 0 Å². The van der Waals surface area contributed by atoms with Crippen LogP contribution in [-0.2, 0) is 43.6 Å². The molecule has 6 rings (SSSR count). The molecular weight excluding hydrogens is 788 g/mol. The first kappa shape index (κ1) is 40.7. The first-order valence-electron chi connectivity index (χ1n) is 16.5. The van der Waals surface area contributed by atoms with Crippen LogP contribution in [0.25, 0.3) is 5.73 Å². The summed E-state index contributed by atoms with van der Waals surface area (Å²) in [5.41, 5.74) is 13.8. The summed E-state index contributed by atoms with van der Waals surface area (Å²) < 4.78 is 5.47. The molecule has 2 aliphatic carbocycles. The second kappa shape index (κ2) is 20.1. The van der Waals surface area contributed by atoms with E-state index in [-0.39, 0.29) is 63.1 Å². The molecule has 2 aromatic rings. The van der Waals surface area contributed by atoms with Gasteiger partial charge in [-0.2, -0.15) is 0 Å². The van der Waals surface area contributed by atoms with E-state index in [0.29, 0.717) is 29.9 Å². The largest absolute Gasteiger partial charge is 0.672 e. The van der Waals surface area contributed by atoms with Gasteiger partial charge < -0.3 is 15.8 Å². The van der Waals surface area contributed by atoms with Gasteiger partial charge in [-0.1, -0.05) is 59.3 Å². The zero-order chi connectivity index (χ0) is 33.8. The first-order chi connectivity index (χ1) is 22.3. The number of hydrogen-bond acceptors (Lipinski definition) is 10. The predicted molar refractivity (Wildman–Crippen MR) is 184 cm³/mol. The maximum absolute atomic E-state index is 11.8. The Hall–Kier alpha value is -2.50. The molecule has 2 amide bonds. The predicted octanol–water partition coefficient (Wildman–Crippen LogP) is 6.69. The van der Waals surface area contributed by atoms with E-state index in [9.17, 15) is 14.4 Å². The summed E-state index contributed by atoms with van der Waals surface area (Å²) in [4.78, 5) is 41.1. The molecule has 2 saturated carbocycles. The van der Waals surface area contributed by atoms with Gasteiger partial charge >= 0.3 is 0 Å². The van der Waals surface area contributed by atoms with E-state index in [1.54, 1.807) is 19.1 Å². The Morgan fingerprint density at radius 1 is 1.15 bits per heavy atom. The number of fused-ring (bicyclic) bond motifs is 1. The van der Waals surface area contributed by atoms with Crippen LogP contribution in [-0.4, -0.2) is 64.8 Å². The number of benzene rings is 1. The van der Waals surface area contributed by atoms with E-state index in [4.69, 9.17) is 15.7 Å². The topological polar surface area (TPSA) is 157 Å². The van der Waals surface area contributed by atoms with E-state index in [1.807, 2.05) is 44.9 Å². The molecule has 5 N–H and O–H groups in total. The number of likely N-dealkylation sites (N-methyl/N-ethyl adjacent to an activating group) is 1. The smallest absolute Gasteiger partial charge is 0.243 e. The number of nitrogens with zero attached hydrogens (tertiary/aromatic N) is 2. The number of aromatic nitrogens is 1. The van der Waals surface area contributed by atoms with Gasteiger partial charge in [0.2, 0.25) is 11.8 Å². The number of thioether (sulfide) groups is 1. The number of ether oxygens (including phenoxy) is 1. The summed E-state index contributed by atoms with van der Waals surface area (Å²) in [5, 5.41) is 15.0. The van der Waals surface area contributed by atoms with Crippen LogP contribution in [0.4, 0.5) is 11.5 Å². The number of carbonyl (C=O) groups excluding carboxylic acids is 3. The van der Waals surface area contributed by atoms with Crippen molar-refractivity contribution in [2.45, 2.75) is 108 Å². The number of methoxy groups -OCH3 is 1. The molecular formula is C34H51N6O5SW-. The summed E-state index contributed by atoms with van der Waals surface area (Å²) in [6.07, 6.45) is 9.10. The number of nitrogens with one attached hydrogen (secondary N) is 4. The molecule has 1 saturated heterocycles. The van der Waals surface area contributed by atoms with Crippen molar-refractivity contribution in [3.63, 3.8) is 0 Å². The third kappa shape index (κ3) is 11.6. The Morgan fingerprint density at radius 2 is 1.85 bits per heavy atom. The van der Waals surface area contributed by atoms with Gasteiger partial charge in [-0.3, -0.25) is 35.3 Å². The molecule has 2 unspecified atom stereocenters. The van der Waals surface area contributed by atoms with E-state index < -0.39 is 6.04 Å². The number of anilines is 2. The molecule has 47 heavy (non-hydrogen) atoms. The number of hydrogen-bond donors (Lipinski definition) is 4. The van der Waals surface area contributed by atoms with E-state index >= 15 is 0 Å². The quantitative estimate of drug-likeness (QED) is 0.109. The van der Waals surface area contributed by atoms with Crippen LogP contribution in [0.3, 0.4) is 0 Å². The number of amides is 2. The minimum Gasteiger partial charge on any atom is -0.672 e. The molecule has 3 atom stereocenters. The van der Waals surface area contributed by atoms with Crippen molar-refractivity contribution in [3.05, 3.63) is 46.8 Å². The van der Waals surface area contributed by atoms with E-state index in [1.165, 1.54) is 60.4 Å². The number of aryl methyl sites for hydroxylation is 1. The molecule has 0 radical (unpaired) electrons. The summed E-state index contributed by atoms with van der Waals surface area (Å²) in [5.74, 6) is 2.11.